The average Bonchev–Trinajstić information content (AvgIpc) is 2.31. The summed E-state index contributed by atoms with van der Waals surface area (Å²) in [7, 11) is 0. The number of aryl methyl sites for hydroxylation is 2. The second-order valence-electron chi connectivity index (χ2n) is 6.50. The van der Waals surface area contributed by atoms with Gasteiger partial charge < -0.3 is 15.7 Å². The van der Waals surface area contributed by atoms with Crippen LogP contribution in [0.2, 0.25) is 0 Å². The molecule has 0 heterocycles. The monoisotopic (exact) mass is 278 g/mol. The lowest BCUT2D eigenvalue weighted by Gasteiger charge is -2.28. The van der Waals surface area contributed by atoms with Crippen LogP contribution in [0.4, 0.5) is 0 Å². The molecule has 0 saturated heterocycles. The molecule has 3 heteroatoms. The summed E-state index contributed by atoms with van der Waals surface area (Å²) in [4.78, 5) is 2.25. The smallest absolute Gasteiger partial charge is 0.0718 e. The number of hydrogen-bond donors (Lipinski definition) is 2. The molecule has 1 atom stereocenters. The Morgan fingerprint density at radius 1 is 1.20 bits per heavy atom. The highest BCUT2D eigenvalue weighted by Gasteiger charge is 2.18. The fraction of sp³-hybridized carbons (Fsp3) is 0.647. The number of aliphatic hydroxyl groups is 1. The third-order valence-corrected chi connectivity index (χ3v) is 3.49. The highest BCUT2D eigenvalue weighted by molar-refractivity contribution is 5.30. The molecule has 0 radical (unpaired) electrons. The molecule has 20 heavy (non-hydrogen) atoms. The molecule has 0 saturated carbocycles. The van der Waals surface area contributed by atoms with Gasteiger partial charge in [0.05, 0.1) is 5.60 Å². The summed E-state index contributed by atoms with van der Waals surface area (Å²) in [6, 6.07) is 6.57. The fourth-order valence-corrected chi connectivity index (χ4v) is 2.61. The zero-order valence-corrected chi connectivity index (χ0v) is 13.6. The van der Waals surface area contributed by atoms with Gasteiger partial charge in [0, 0.05) is 19.1 Å². The first-order valence-corrected chi connectivity index (χ1v) is 7.50. The van der Waals surface area contributed by atoms with Gasteiger partial charge in [0.25, 0.3) is 0 Å². The second kappa shape index (κ2) is 7.21. The van der Waals surface area contributed by atoms with Crippen LogP contribution in [-0.2, 0) is 0 Å². The topological polar surface area (TPSA) is 49.5 Å². The molecule has 3 N–H and O–H groups in total. The van der Waals surface area contributed by atoms with Crippen molar-refractivity contribution in [1.29, 1.82) is 0 Å². The van der Waals surface area contributed by atoms with Gasteiger partial charge in [-0.15, -0.1) is 0 Å². The summed E-state index contributed by atoms with van der Waals surface area (Å²) in [6.07, 6.45) is 0.910. The van der Waals surface area contributed by atoms with Crippen LogP contribution < -0.4 is 5.73 Å². The Hall–Kier alpha value is -0.900. The van der Waals surface area contributed by atoms with E-state index in [4.69, 9.17) is 5.73 Å². The van der Waals surface area contributed by atoms with E-state index in [1.54, 1.807) is 0 Å². The van der Waals surface area contributed by atoms with E-state index in [-0.39, 0.29) is 6.04 Å². The van der Waals surface area contributed by atoms with Crippen molar-refractivity contribution < 1.29 is 5.11 Å². The van der Waals surface area contributed by atoms with Crippen molar-refractivity contribution >= 4 is 0 Å². The van der Waals surface area contributed by atoms with Crippen molar-refractivity contribution in [2.75, 3.05) is 19.6 Å². The van der Waals surface area contributed by atoms with E-state index in [0.717, 1.165) is 19.5 Å². The van der Waals surface area contributed by atoms with Crippen LogP contribution >= 0.6 is 0 Å². The molecule has 1 aromatic carbocycles. The van der Waals surface area contributed by atoms with Gasteiger partial charge in [0.2, 0.25) is 0 Å². The Bertz CT molecular complexity index is 403. The number of hydrogen-bond acceptors (Lipinski definition) is 3. The minimum absolute atomic E-state index is 0.0597. The van der Waals surface area contributed by atoms with E-state index in [0.29, 0.717) is 6.54 Å². The second-order valence-corrected chi connectivity index (χ2v) is 6.50. The molecule has 0 aliphatic carbocycles. The maximum atomic E-state index is 9.90. The molecule has 0 aliphatic rings. The molecular weight excluding hydrogens is 248 g/mol. The average molecular weight is 278 g/mol. The first-order chi connectivity index (χ1) is 9.21. The number of benzene rings is 1. The SMILES string of the molecule is CCN(CCC(N)c1cc(C)cc(C)c1)CC(C)(C)O. The third-order valence-electron chi connectivity index (χ3n) is 3.49. The van der Waals surface area contributed by atoms with Crippen LogP contribution in [0.5, 0.6) is 0 Å². The van der Waals surface area contributed by atoms with Gasteiger partial charge in [0.1, 0.15) is 0 Å². The summed E-state index contributed by atoms with van der Waals surface area (Å²) >= 11 is 0. The molecule has 0 bridgehead atoms. The van der Waals surface area contributed by atoms with Crippen molar-refractivity contribution in [3.05, 3.63) is 34.9 Å². The van der Waals surface area contributed by atoms with Gasteiger partial charge in [0.15, 0.2) is 0 Å². The van der Waals surface area contributed by atoms with E-state index < -0.39 is 5.60 Å². The van der Waals surface area contributed by atoms with E-state index in [9.17, 15) is 5.11 Å². The van der Waals surface area contributed by atoms with Crippen molar-refractivity contribution in [2.24, 2.45) is 5.73 Å². The van der Waals surface area contributed by atoms with Crippen molar-refractivity contribution in [3.63, 3.8) is 0 Å². The number of likely N-dealkylation sites (N-methyl/N-ethyl adjacent to an activating group) is 1. The van der Waals surface area contributed by atoms with Crippen LogP contribution in [0.25, 0.3) is 0 Å². The lowest BCUT2D eigenvalue weighted by molar-refractivity contribution is 0.0370. The van der Waals surface area contributed by atoms with Gasteiger partial charge >= 0.3 is 0 Å². The molecule has 1 unspecified atom stereocenters. The number of nitrogens with two attached hydrogens (primary N) is 1. The zero-order valence-electron chi connectivity index (χ0n) is 13.6. The molecule has 0 amide bonds. The molecule has 1 rings (SSSR count). The Balaban J connectivity index is 2.59. The Morgan fingerprint density at radius 3 is 2.20 bits per heavy atom. The Kier molecular flexibility index (Phi) is 6.18. The minimum atomic E-state index is -0.653. The lowest BCUT2D eigenvalue weighted by Crippen LogP contribution is -2.39. The first-order valence-electron chi connectivity index (χ1n) is 7.50. The van der Waals surface area contributed by atoms with Crippen molar-refractivity contribution in [3.8, 4) is 0 Å². The minimum Gasteiger partial charge on any atom is -0.389 e. The molecule has 1 aromatic rings. The predicted octanol–water partition coefficient (Wildman–Crippen LogP) is 2.79. The standard InChI is InChI=1S/C17H30N2O/c1-6-19(12-17(4,5)20)8-7-16(18)15-10-13(2)9-14(3)11-15/h9-11,16,20H,6-8,12,18H2,1-5H3. The lowest BCUT2D eigenvalue weighted by atomic mass is 9.99. The quantitative estimate of drug-likeness (QED) is 0.806. The largest absolute Gasteiger partial charge is 0.389 e. The summed E-state index contributed by atoms with van der Waals surface area (Å²) in [5, 5.41) is 9.90. The predicted molar refractivity (Wildman–Crippen MR) is 85.9 cm³/mol. The third kappa shape index (κ3) is 6.04. The van der Waals surface area contributed by atoms with Crippen LogP contribution in [-0.4, -0.2) is 35.2 Å². The molecule has 0 aromatic heterocycles. The maximum Gasteiger partial charge on any atom is 0.0718 e. The summed E-state index contributed by atoms with van der Waals surface area (Å²) in [5.41, 5.74) is 9.39. The number of nitrogens with zero attached hydrogens (tertiary/aromatic N) is 1. The van der Waals surface area contributed by atoms with Gasteiger partial charge in [-0.05, 0) is 46.2 Å². The normalized spacial score (nSPS) is 13.8. The van der Waals surface area contributed by atoms with E-state index >= 15 is 0 Å². The molecular formula is C17H30N2O. The Morgan fingerprint density at radius 2 is 1.75 bits per heavy atom. The Labute approximate surface area is 123 Å². The molecule has 0 spiro atoms. The maximum absolute atomic E-state index is 9.90. The molecule has 0 fully saturated rings. The van der Waals surface area contributed by atoms with Crippen molar-refractivity contribution in [1.82, 2.24) is 4.90 Å². The summed E-state index contributed by atoms with van der Waals surface area (Å²) in [6.45, 7) is 12.6. The van der Waals surface area contributed by atoms with Gasteiger partial charge in [-0.2, -0.15) is 0 Å². The van der Waals surface area contributed by atoms with Crippen LogP contribution in [0, 0.1) is 13.8 Å². The zero-order chi connectivity index (χ0) is 15.3. The fourth-order valence-electron chi connectivity index (χ4n) is 2.61. The molecule has 0 aliphatic heterocycles. The van der Waals surface area contributed by atoms with Crippen molar-refractivity contribution in [2.45, 2.75) is 52.7 Å². The van der Waals surface area contributed by atoms with Gasteiger partial charge in [-0.25, -0.2) is 0 Å². The van der Waals surface area contributed by atoms with Crippen LogP contribution in [0.3, 0.4) is 0 Å². The van der Waals surface area contributed by atoms with Gasteiger partial charge in [-0.1, -0.05) is 36.2 Å². The van der Waals surface area contributed by atoms with Crippen LogP contribution in [0.15, 0.2) is 18.2 Å². The van der Waals surface area contributed by atoms with E-state index in [1.165, 1.54) is 16.7 Å². The molecule has 3 nitrogen and oxygen atoms in total. The first kappa shape index (κ1) is 17.2. The number of rotatable bonds is 7. The van der Waals surface area contributed by atoms with Gasteiger partial charge in [-0.3, -0.25) is 0 Å². The summed E-state index contributed by atoms with van der Waals surface area (Å²) < 4.78 is 0. The summed E-state index contributed by atoms with van der Waals surface area (Å²) in [5.74, 6) is 0. The highest BCUT2D eigenvalue weighted by Crippen LogP contribution is 2.18. The van der Waals surface area contributed by atoms with Crippen LogP contribution in [0.1, 0.15) is 49.9 Å². The van der Waals surface area contributed by atoms with E-state index in [1.807, 2.05) is 13.8 Å². The van der Waals surface area contributed by atoms with E-state index in [2.05, 4.69) is 43.9 Å². The molecule has 114 valence electrons. The highest BCUT2D eigenvalue weighted by atomic mass is 16.3.